The van der Waals surface area contributed by atoms with Crippen LogP contribution >= 0.6 is 0 Å². The van der Waals surface area contributed by atoms with Crippen LogP contribution in [0.5, 0.6) is 0 Å². The first-order valence-corrected chi connectivity index (χ1v) is 3.50. The summed E-state index contributed by atoms with van der Waals surface area (Å²) >= 11 is 0. The number of carboxylic acids is 1. The number of H-pyrrole nitrogens is 1. The molecular weight excluding hydrogens is 174 g/mol. The third-order valence-corrected chi connectivity index (χ3v) is 1.54. The normalized spacial score (nSPS) is 9.62. The topological polar surface area (TPSA) is 87.2 Å². The Balaban J connectivity index is 3.52. The molecule has 0 aromatic carbocycles. The summed E-state index contributed by atoms with van der Waals surface area (Å²) in [6, 6.07) is 1.18. The highest BCUT2D eigenvalue weighted by atomic mass is 16.4. The van der Waals surface area contributed by atoms with Crippen LogP contribution in [0.15, 0.2) is 17.1 Å². The zero-order chi connectivity index (χ0) is 10.0. The maximum atomic E-state index is 11.0. The summed E-state index contributed by atoms with van der Waals surface area (Å²) in [7, 11) is 0. The average molecular weight is 181 g/mol. The van der Waals surface area contributed by atoms with Crippen LogP contribution in [0.25, 0.3) is 0 Å². The van der Waals surface area contributed by atoms with Crippen molar-refractivity contribution in [3.63, 3.8) is 0 Å². The van der Waals surface area contributed by atoms with E-state index < -0.39 is 17.3 Å². The minimum Gasteiger partial charge on any atom is -0.478 e. The smallest absolute Gasteiger partial charge is 0.336 e. The molecule has 1 heterocycles. The van der Waals surface area contributed by atoms with Gasteiger partial charge in [0.25, 0.3) is 5.56 Å². The molecule has 0 unspecified atom stereocenters. The summed E-state index contributed by atoms with van der Waals surface area (Å²) in [5, 5.41) is 8.63. The number of rotatable bonds is 2. The van der Waals surface area contributed by atoms with E-state index in [9.17, 15) is 14.4 Å². The van der Waals surface area contributed by atoms with E-state index >= 15 is 0 Å². The van der Waals surface area contributed by atoms with E-state index in [2.05, 4.69) is 4.98 Å². The Morgan fingerprint density at radius 2 is 2.08 bits per heavy atom. The molecule has 1 aromatic rings. The fourth-order valence-corrected chi connectivity index (χ4v) is 1.01. The molecule has 0 fully saturated rings. The Bertz CT molecular complexity index is 418. The monoisotopic (exact) mass is 181 g/mol. The van der Waals surface area contributed by atoms with Crippen LogP contribution in [-0.2, 0) is 0 Å². The van der Waals surface area contributed by atoms with Gasteiger partial charge in [-0.15, -0.1) is 0 Å². The first-order chi connectivity index (χ1) is 6.04. The molecule has 0 aliphatic carbocycles. The number of carboxylic acid groups (broad SMARTS) is 1. The van der Waals surface area contributed by atoms with Gasteiger partial charge in [-0.1, -0.05) is 0 Å². The van der Waals surface area contributed by atoms with Gasteiger partial charge >= 0.3 is 5.97 Å². The summed E-state index contributed by atoms with van der Waals surface area (Å²) in [6.07, 6.45) is 1.19. The van der Waals surface area contributed by atoms with E-state index in [0.29, 0.717) is 0 Å². The van der Waals surface area contributed by atoms with E-state index in [1.807, 2.05) is 0 Å². The first-order valence-electron chi connectivity index (χ1n) is 3.50. The van der Waals surface area contributed by atoms with Gasteiger partial charge in [0.15, 0.2) is 5.78 Å². The minimum atomic E-state index is -1.28. The molecule has 13 heavy (non-hydrogen) atoms. The molecule has 2 N–H and O–H groups in total. The van der Waals surface area contributed by atoms with Crippen LogP contribution in [0.1, 0.15) is 27.6 Å². The molecule has 0 aliphatic rings. The van der Waals surface area contributed by atoms with Crippen LogP contribution in [0.2, 0.25) is 0 Å². The Hall–Kier alpha value is -1.91. The number of carbonyl (C=O) groups excluding carboxylic acids is 1. The van der Waals surface area contributed by atoms with Gasteiger partial charge in [-0.3, -0.25) is 9.59 Å². The highest BCUT2D eigenvalue weighted by molar-refractivity contribution is 6.04. The van der Waals surface area contributed by atoms with Crippen molar-refractivity contribution in [1.29, 1.82) is 0 Å². The Morgan fingerprint density at radius 3 is 2.46 bits per heavy atom. The molecule has 0 radical (unpaired) electrons. The van der Waals surface area contributed by atoms with Crippen LogP contribution in [0, 0.1) is 0 Å². The van der Waals surface area contributed by atoms with Gasteiger partial charge in [0.1, 0.15) is 0 Å². The lowest BCUT2D eigenvalue weighted by molar-refractivity contribution is 0.0692. The molecule has 0 amide bonds. The second kappa shape index (κ2) is 3.22. The minimum absolute atomic E-state index is 0.267. The van der Waals surface area contributed by atoms with Crippen molar-refractivity contribution in [3.05, 3.63) is 33.7 Å². The van der Waals surface area contributed by atoms with E-state index in [1.165, 1.54) is 12.3 Å². The number of nitrogens with one attached hydrogen (secondary N) is 1. The summed E-state index contributed by atoms with van der Waals surface area (Å²) in [6.45, 7) is 1.15. The lowest BCUT2D eigenvalue weighted by atomic mass is 10.1. The van der Waals surface area contributed by atoms with Crippen molar-refractivity contribution >= 4 is 11.8 Å². The molecule has 68 valence electrons. The number of aromatic nitrogens is 1. The largest absolute Gasteiger partial charge is 0.478 e. The van der Waals surface area contributed by atoms with E-state index in [1.54, 1.807) is 0 Å². The van der Waals surface area contributed by atoms with E-state index in [0.717, 1.165) is 6.92 Å². The SMILES string of the molecule is CC(=O)c1c(C(=O)O)cc[nH]c1=O. The number of Topliss-reactive ketones (excluding diaryl/α,β-unsaturated/α-hetero) is 1. The van der Waals surface area contributed by atoms with Gasteiger partial charge in [-0.05, 0) is 13.0 Å². The second-order valence-electron chi connectivity index (χ2n) is 2.46. The molecule has 0 atom stereocenters. The quantitative estimate of drug-likeness (QED) is 0.641. The van der Waals surface area contributed by atoms with Gasteiger partial charge in [-0.25, -0.2) is 4.79 Å². The van der Waals surface area contributed by atoms with Crippen molar-refractivity contribution in [2.75, 3.05) is 0 Å². The number of hydrogen-bond acceptors (Lipinski definition) is 3. The summed E-state index contributed by atoms with van der Waals surface area (Å²) in [4.78, 5) is 34.8. The van der Waals surface area contributed by atoms with Gasteiger partial charge in [-0.2, -0.15) is 0 Å². The highest BCUT2D eigenvalue weighted by Gasteiger charge is 2.16. The summed E-state index contributed by atoms with van der Waals surface area (Å²) in [5.74, 6) is -1.84. The lowest BCUT2D eigenvalue weighted by Crippen LogP contribution is -2.20. The first kappa shape index (κ1) is 9.18. The number of carbonyl (C=O) groups is 2. The van der Waals surface area contributed by atoms with Crippen LogP contribution < -0.4 is 5.56 Å². The van der Waals surface area contributed by atoms with Crippen molar-refractivity contribution in [3.8, 4) is 0 Å². The third kappa shape index (κ3) is 1.64. The van der Waals surface area contributed by atoms with Crippen molar-refractivity contribution in [2.45, 2.75) is 6.92 Å². The van der Waals surface area contributed by atoms with Gasteiger partial charge in [0.05, 0.1) is 11.1 Å². The molecule has 1 rings (SSSR count). The number of aromatic amines is 1. The molecule has 1 aromatic heterocycles. The molecule has 5 heteroatoms. The number of hydrogen-bond donors (Lipinski definition) is 2. The zero-order valence-corrected chi connectivity index (χ0v) is 6.83. The number of aromatic carboxylic acids is 1. The molecule has 0 spiro atoms. The van der Waals surface area contributed by atoms with Crippen molar-refractivity contribution in [1.82, 2.24) is 4.98 Å². The number of pyridine rings is 1. The third-order valence-electron chi connectivity index (χ3n) is 1.54. The zero-order valence-electron chi connectivity index (χ0n) is 6.83. The van der Waals surface area contributed by atoms with Crippen LogP contribution in [0.4, 0.5) is 0 Å². The predicted molar refractivity (Wildman–Crippen MR) is 44.0 cm³/mol. The van der Waals surface area contributed by atoms with Crippen molar-refractivity contribution in [2.24, 2.45) is 0 Å². The van der Waals surface area contributed by atoms with E-state index in [4.69, 9.17) is 5.11 Å². The maximum Gasteiger partial charge on any atom is 0.336 e. The molecular formula is C8H7NO4. The predicted octanol–water partition coefficient (Wildman–Crippen LogP) is 0.276. The standard InChI is InChI=1S/C8H7NO4/c1-4(10)6-5(8(12)13)2-3-9-7(6)11/h2-3H,1H3,(H,9,11)(H,12,13). The second-order valence-corrected chi connectivity index (χ2v) is 2.46. The van der Waals surface area contributed by atoms with Gasteiger partial charge < -0.3 is 10.1 Å². The fourth-order valence-electron chi connectivity index (χ4n) is 1.01. The summed E-state index contributed by atoms with van der Waals surface area (Å²) < 4.78 is 0. The molecule has 0 saturated heterocycles. The van der Waals surface area contributed by atoms with Gasteiger partial charge in [0, 0.05) is 6.20 Å². The lowest BCUT2D eigenvalue weighted by Gasteiger charge is -1.98. The Kier molecular flexibility index (Phi) is 2.27. The van der Waals surface area contributed by atoms with Crippen molar-refractivity contribution < 1.29 is 14.7 Å². The number of ketones is 1. The Morgan fingerprint density at radius 1 is 1.46 bits per heavy atom. The van der Waals surface area contributed by atoms with E-state index in [-0.39, 0.29) is 11.1 Å². The highest BCUT2D eigenvalue weighted by Crippen LogP contribution is 2.02. The van der Waals surface area contributed by atoms with Gasteiger partial charge in [0.2, 0.25) is 0 Å². The maximum absolute atomic E-state index is 11.0. The van der Waals surface area contributed by atoms with Crippen LogP contribution in [0.3, 0.4) is 0 Å². The molecule has 0 bridgehead atoms. The average Bonchev–Trinajstić information content (AvgIpc) is 2.02. The molecule has 0 saturated carbocycles. The molecule has 5 nitrogen and oxygen atoms in total. The fraction of sp³-hybridized carbons (Fsp3) is 0.125. The molecule has 0 aliphatic heterocycles. The Labute approximate surface area is 73.0 Å². The summed E-state index contributed by atoms with van der Waals surface area (Å²) in [5.41, 5.74) is -1.25. The van der Waals surface area contributed by atoms with Crippen LogP contribution in [-0.4, -0.2) is 21.8 Å².